The highest BCUT2D eigenvalue weighted by Crippen LogP contribution is 2.05. The van der Waals surface area contributed by atoms with Crippen LogP contribution >= 0.6 is 0 Å². The standard InChI is InChI=1S/C10H23NO/c1-9(2,3)11-7-8-12-10(4,5)6/h11H,7-8H2,1-6H3. The van der Waals surface area contributed by atoms with E-state index < -0.39 is 0 Å². The highest BCUT2D eigenvalue weighted by molar-refractivity contribution is 4.70. The molecule has 0 aliphatic rings. The summed E-state index contributed by atoms with van der Waals surface area (Å²) < 4.78 is 5.56. The van der Waals surface area contributed by atoms with Crippen LogP contribution in [0.5, 0.6) is 0 Å². The molecule has 0 aliphatic carbocycles. The van der Waals surface area contributed by atoms with Gasteiger partial charge in [-0.3, -0.25) is 0 Å². The first kappa shape index (κ1) is 11.9. The number of rotatable bonds is 3. The van der Waals surface area contributed by atoms with Crippen LogP contribution in [-0.2, 0) is 4.74 Å². The average molecular weight is 173 g/mol. The predicted molar refractivity (Wildman–Crippen MR) is 53.5 cm³/mol. The third kappa shape index (κ3) is 9.92. The molecule has 0 aromatic carbocycles. The van der Waals surface area contributed by atoms with E-state index in [1.54, 1.807) is 0 Å². The van der Waals surface area contributed by atoms with Gasteiger partial charge in [-0.25, -0.2) is 0 Å². The van der Waals surface area contributed by atoms with Crippen LogP contribution in [0.15, 0.2) is 0 Å². The van der Waals surface area contributed by atoms with Crippen molar-refractivity contribution in [2.45, 2.75) is 52.7 Å². The Kier molecular flexibility index (Phi) is 4.21. The predicted octanol–water partition coefficient (Wildman–Crippen LogP) is 2.19. The highest BCUT2D eigenvalue weighted by atomic mass is 16.5. The molecule has 0 aromatic rings. The lowest BCUT2D eigenvalue weighted by Crippen LogP contribution is -2.39. The number of hydrogen-bond acceptors (Lipinski definition) is 2. The summed E-state index contributed by atoms with van der Waals surface area (Å²) in [6, 6.07) is 0. The topological polar surface area (TPSA) is 21.3 Å². The molecule has 74 valence electrons. The first-order valence-electron chi connectivity index (χ1n) is 4.60. The van der Waals surface area contributed by atoms with E-state index in [9.17, 15) is 0 Å². The molecule has 0 rings (SSSR count). The molecule has 0 atom stereocenters. The summed E-state index contributed by atoms with van der Waals surface area (Å²) in [5.41, 5.74) is 0.181. The van der Waals surface area contributed by atoms with Gasteiger partial charge in [0, 0.05) is 12.1 Å². The molecule has 0 bridgehead atoms. The lowest BCUT2D eigenvalue weighted by Gasteiger charge is -2.23. The number of nitrogens with one attached hydrogen (secondary N) is 1. The molecule has 0 fully saturated rings. The first-order valence-corrected chi connectivity index (χ1v) is 4.60. The molecule has 0 radical (unpaired) electrons. The molecule has 0 saturated carbocycles. The minimum Gasteiger partial charge on any atom is -0.375 e. The van der Waals surface area contributed by atoms with E-state index >= 15 is 0 Å². The second-order valence-corrected chi connectivity index (χ2v) is 5.14. The molecule has 1 N–H and O–H groups in total. The van der Waals surface area contributed by atoms with Crippen molar-refractivity contribution in [3.05, 3.63) is 0 Å². The van der Waals surface area contributed by atoms with Gasteiger partial charge in [0.05, 0.1) is 12.2 Å². The lowest BCUT2D eigenvalue weighted by molar-refractivity contribution is -0.00255. The minimum absolute atomic E-state index is 0.0143. The Labute approximate surface area is 76.7 Å². The van der Waals surface area contributed by atoms with Crippen LogP contribution in [0.1, 0.15) is 41.5 Å². The molecule has 0 aliphatic heterocycles. The van der Waals surface area contributed by atoms with Crippen molar-refractivity contribution in [3.63, 3.8) is 0 Å². The van der Waals surface area contributed by atoms with Crippen molar-refractivity contribution >= 4 is 0 Å². The Hall–Kier alpha value is -0.0800. The van der Waals surface area contributed by atoms with E-state index in [1.807, 2.05) is 0 Å². The summed E-state index contributed by atoms with van der Waals surface area (Å²) in [7, 11) is 0. The smallest absolute Gasteiger partial charge is 0.0599 e. The van der Waals surface area contributed by atoms with Crippen molar-refractivity contribution < 1.29 is 4.74 Å². The van der Waals surface area contributed by atoms with Crippen LogP contribution in [0.4, 0.5) is 0 Å². The van der Waals surface area contributed by atoms with Crippen molar-refractivity contribution in [1.82, 2.24) is 5.32 Å². The van der Waals surface area contributed by atoms with E-state index in [4.69, 9.17) is 4.74 Å². The summed E-state index contributed by atoms with van der Waals surface area (Å²) in [4.78, 5) is 0. The van der Waals surface area contributed by atoms with Gasteiger partial charge >= 0.3 is 0 Å². The molecule has 0 unspecified atom stereocenters. The third-order valence-corrected chi connectivity index (χ3v) is 1.29. The summed E-state index contributed by atoms with van der Waals surface area (Å²) in [5.74, 6) is 0. The molecule has 0 amide bonds. The van der Waals surface area contributed by atoms with Gasteiger partial charge in [-0.2, -0.15) is 0 Å². The largest absolute Gasteiger partial charge is 0.375 e. The molecule has 0 heterocycles. The molecule has 2 nitrogen and oxygen atoms in total. The van der Waals surface area contributed by atoms with Crippen LogP contribution in [0.3, 0.4) is 0 Å². The van der Waals surface area contributed by atoms with Gasteiger partial charge in [-0.1, -0.05) is 0 Å². The SMILES string of the molecule is CC(C)(C)NCCOC(C)(C)C. The summed E-state index contributed by atoms with van der Waals surface area (Å²) in [6.07, 6.45) is 0. The third-order valence-electron chi connectivity index (χ3n) is 1.29. The van der Waals surface area contributed by atoms with Crippen molar-refractivity contribution in [2.75, 3.05) is 13.2 Å². The quantitative estimate of drug-likeness (QED) is 0.661. The molecule has 2 heteroatoms. The van der Waals surface area contributed by atoms with Crippen LogP contribution < -0.4 is 5.32 Å². The zero-order chi connectivity index (χ0) is 9.83. The Bertz CT molecular complexity index is 103. The van der Waals surface area contributed by atoms with Crippen molar-refractivity contribution in [1.29, 1.82) is 0 Å². The fourth-order valence-corrected chi connectivity index (χ4v) is 0.783. The van der Waals surface area contributed by atoms with E-state index in [0.717, 1.165) is 13.2 Å². The Balaban J connectivity index is 3.35. The molecule has 0 saturated heterocycles. The minimum atomic E-state index is -0.0143. The normalized spacial score (nSPS) is 13.5. The van der Waals surface area contributed by atoms with Crippen LogP contribution in [0, 0.1) is 0 Å². The second kappa shape index (κ2) is 4.24. The summed E-state index contributed by atoms with van der Waals surface area (Å²) in [6.45, 7) is 14.4. The monoisotopic (exact) mass is 173 g/mol. The average Bonchev–Trinajstić information content (AvgIpc) is 1.76. The van der Waals surface area contributed by atoms with Crippen LogP contribution in [0.2, 0.25) is 0 Å². The molecule has 0 spiro atoms. The van der Waals surface area contributed by atoms with E-state index in [0.29, 0.717) is 0 Å². The van der Waals surface area contributed by atoms with Crippen LogP contribution in [-0.4, -0.2) is 24.3 Å². The molecular formula is C10H23NO. The molecule has 12 heavy (non-hydrogen) atoms. The summed E-state index contributed by atoms with van der Waals surface area (Å²) >= 11 is 0. The van der Waals surface area contributed by atoms with Crippen molar-refractivity contribution in [3.8, 4) is 0 Å². The van der Waals surface area contributed by atoms with Gasteiger partial charge in [0.1, 0.15) is 0 Å². The fourth-order valence-electron chi connectivity index (χ4n) is 0.783. The first-order chi connectivity index (χ1) is 5.21. The maximum Gasteiger partial charge on any atom is 0.0599 e. The number of ether oxygens (including phenoxy) is 1. The second-order valence-electron chi connectivity index (χ2n) is 5.14. The van der Waals surface area contributed by atoms with Gasteiger partial charge in [0.25, 0.3) is 0 Å². The Morgan fingerprint density at radius 1 is 1.00 bits per heavy atom. The fraction of sp³-hybridized carbons (Fsp3) is 1.00. The highest BCUT2D eigenvalue weighted by Gasteiger charge is 2.11. The zero-order valence-electron chi connectivity index (χ0n) is 9.32. The maximum atomic E-state index is 5.56. The van der Waals surface area contributed by atoms with Crippen LogP contribution in [0.25, 0.3) is 0 Å². The Morgan fingerprint density at radius 3 is 1.83 bits per heavy atom. The zero-order valence-corrected chi connectivity index (χ0v) is 9.32. The van der Waals surface area contributed by atoms with Gasteiger partial charge in [0.2, 0.25) is 0 Å². The summed E-state index contributed by atoms with van der Waals surface area (Å²) in [5, 5.41) is 3.37. The molecule has 0 aromatic heterocycles. The maximum absolute atomic E-state index is 5.56. The van der Waals surface area contributed by atoms with E-state index in [-0.39, 0.29) is 11.1 Å². The van der Waals surface area contributed by atoms with Gasteiger partial charge < -0.3 is 10.1 Å². The van der Waals surface area contributed by atoms with Gasteiger partial charge in [0.15, 0.2) is 0 Å². The van der Waals surface area contributed by atoms with Gasteiger partial charge in [-0.15, -0.1) is 0 Å². The van der Waals surface area contributed by atoms with E-state index in [1.165, 1.54) is 0 Å². The lowest BCUT2D eigenvalue weighted by atomic mass is 10.1. The molecular weight excluding hydrogens is 150 g/mol. The number of hydrogen-bond donors (Lipinski definition) is 1. The van der Waals surface area contributed by atoms with Crippen molar-refractivity contribution in [2.24, 2.45) is 0 Å². The van der Waals surface area contributed by atoms with Gasteiger partial charge in [-0.05, 0) is 41.5 Å². The van der Waals surface area contributed by atoms with E-state index in [2.05, 4.69) is 46.9 Å². The Morgan fingerprint density at radius 2 is 1.50 bits per heavy atom.